The molecule has 2 amide bonds. The molecule has 1 aromatic heterocycles. The molecule has 0 aromatic carbocycles. The molecule has 2 bridgehead atoms. The molecule has 3 aliphatic carbocycles. The summed E-state index contributed by atoms with van der Waals surface area (Å²) in [5.41, 5.74) is 0.565. The van der Waals surface area contributed by atoms with Crippen molar-refractivity contribution in [3.8, 4) is 5.88 Å². The van der Waals surface area contributed by atoms with E-state index in [0.717, 1.165) is 25.2 Å². The van der Waals surface area contributed by atoms with E-state index < -0.39 is 24.9 Å². The normalized spacial score (nSPS) is 25.4. The van der Waals surface area contributed by atoms with Crippen molar-refractivity contribution < 1.29 is 27.8 Å². The molecule has 0 spiro atoms. The standard InChI is InChI=1S/C16H20F3N3O3/c17-16(18,19)9-25-13-3-10(1-2-20-13)7-21-14(24)22-8-12(23)15-4-11(5-15)6-15/h1-3,11-12,23H,4-9H2,(H2,21,22,24). The quantitative estimate of drug-likeness (QED) is 0.695. The summed E-state index contributed by atoms with van der Waals surface area (Å²) in [4.78, 5) is 15.5. The topological polar surface area (TPSA) is 83.5 Å². The largest absolute Gasteiger partial charge is 0.468 e. The minimum Gasteiger partial charge on any atom is -0.468 e. The fourth-order valence-electron chi connectivity index (χ4n) is 3.40. The Bertz CT molecular complexity index is 622. The lowest BCUT2D eigenvalue weighted by Gasteiger charge is -2.64. The van der Waals surface area contributed by atoms with Crippen LogP contribution >= 0.6 is 0 Å². The van der Waals surface area contributed by atoms with E-state index in [2.05, 4.69) is 20.4 Å². The number of alkyl halides is 3. The van der Waals surface area contributed by atoms with Crippen LogP contribution in [0.25, 0.3) is 0 Å². The van der Waals surface area contributed by atoms with Gasteiger partial charge in [0.2, 0.25) is 5.88 Å². The number of rotatable bonds is 7. The van der Waals surface area contributed by atoms with Gasteiger partial charge in [-0.25, -0.2) is 9.78 Å². The average molecular weight is 359 g/mol. The second kappa shape index (κ2) is 6.70. The number of carbonyl (C=O) groups excluding carboxylic acids is 1. The van der Waals surface area contributed by atoms with Crippen LogP contribution in [0.4, 0.5) is 18.0 Å². The van der Waals surface area contributed by atoms with Gasteiger partial charge in [-0.1, -0.05) is 0 Å². The molecule has 0 radical (unpaired) electrons. The maximum absolute atomic E-state index is 12.1. The molecule has 1 aromatic rings. The van der Waals surface area contributed by atoms with Gasteiger partial charge in [-0.05, 0) is 42.2 Å². The van der Waals surface area contributed by atoms with Crippen molar-refractivity contribution >= 4 is 6.03 Å². The molecule has 1 atom stereocenters. The van der Waals surface area contributed by atoms with Crippen LogP contribution in [0.1, 0.15) is 24.8 Å². The molecule has 4 rings (SSSR count). The molecule has 9 heteroatoms. The van der Waals surface area contributed by atoms with Gasteiger partial charge in [0.05, 0.1) is 6.10 Å². The molecule has 3 N–H and O–H groups in total. The molecular weight excluding hydrogens is 339 g/mol. The predicted molar refractivity (Wildman–Crippen MR) is 81.8 cm³/mol. The average Bonchev–Trinajstić information content (AvgIpc) is 2.45. The molecule has 25 heavy (non-hydrogen) atoms. The van der Waals surface area contributed by atoms with Crippen LogP contribution in [0.15, 0.2) is 18.3 Å². The number of carbonyl (C=O) groups is 1. The Morgan fingerprint density at radius 2 is 2.12 bits per heavy atom. The van der Waals surface area contributed by atoms with Crippen LogP contribution in [0.5, 0.6) is 5.88 Å². The van der Waals surface area contributed by atoms with Gasteiger partial charge < -0.3 is 20.5 Å². The zero-order chi connectivity index (χ0) is 18.1. The summed E-state index contributed by atoms with van der Waals surface area (Å²) in [5, 5.41) is 15.3. The maximum atomic E-state index is 12.1. The van der Waals surface area contributed by atoms with Gasteiger partial charge in [0, 0.05) is 25.4 Å². The van der Waals surface area contributed by atoms with E-state index in [0.29, 0.717) is 5.56 Å². The smallest absolute Gasteiger partial charge is 0.422 e. The summed E-state index contributed by atoms with van der Waals surface area (Å²) in [6.45, 7) is -1.12. The number of pyridine rings is 1. The third-order valence-corrected chi connectivity index (χ3v) is 4.88. The lowest BCUT2D eigenvalue weighted by molar-refractivity contribution is -0.180. The van der Waals surface area contributed by atoms with Crippen molar-refractivity contribution in [2.24, 2.45) is 11.3 Å². The molecule has 0 aliphatic heterocycles. The number of aliphatic hydroxyl groups excluding tert-OH is 1. The van der Waals surface area contributed by atoms with Crippen LogP contribution in [0, 0.1) is 11.3 Å². The van der Waals surface area contributed by atoms with E-state index in [4.69, 9.17) is 0 Å². The van der Waals surface area contributed by atoms with Crippen molar-refractivity contribution in [3.05, 3.63) is 23.9 Å². The first kappa shape index (κ1) is 17.8. The van der Waals surface area contributed by atoms with Crippen molar-refractivity contribution in [2.75, 3.05) is 13.2 Å². The molecule has 1 unspecified atom stereocenters. The first-order valence-electron chi connectivity index (χ1n) is 8.10. The maximum Gasteiger partial charge on any atom is 0.422 e. The second-order valence-electron chi connectivity index (χ2n) is 6.83. The first-order valence-corrected chi connectivity index (χ1v) is 8.10. The van der Waals surface area contributed by atoms with Gasteiger partial charge in [-0.15, -0.1) is 0 Å². The number of ether oxygens (including phenoxy) is 1. The molecule has 138 valence electrons. The molecule has 3 fully saturated rings. The van der Waals surface area contributed by atoms with Crippen LogP contribution in [-0.2, 0) is 6.54 Å². The van der Waals surface area contributed by atoms with E-state index in [1.165, 1.54) is 12.3 Å². The zero-order valence-electron chi connectivity index (χ0n) is 13.5. The molecule has 3 saturated carbocycles. The number of urea groups is 1. The van der Waals surface area contributed by atoms with E-state index in [1.807, 2.05) is 0 Å². The Morgan fingerprint density at radius 3 is 2.72 bits per heavy atom. The van der Waals surface area contributed by atoms with Crippen LogP contribution < -0.4 is 15.4 Å². The Balaban J connectivity index is 1.39. The number of aromatic nitrogens is 1. The highest BCUT2D eigenvalue weighted by atomic mass is 19.4. The molecule has 1 heterocycles. The third-order valence-electron chi connectivity index (χ3n) is 4.88. The molecule has 6 nitrogen and oxygen atoms in total. The summed E-state index contributed by atoms with van der Waals surface area (Å²) in [5.74, 6) is 0.597. The number of hydrogen-bond acceptors (Lipinski definition) is 4. The van der Waals surface area contributed by atoms with Gasteiger partial charge in [0.15, 0.2) is 6.61 Å². The predicted octanol–water partition coefficient (Wildman–Crippen LogP) is 1.98. The lowest BCUT2D eigenvalue weighted by Crippen LogP contribution is -2.61. The van der Waals surface area contributed by atoms with Crippen molar-refractivity contribution in [3.63, 3.8) is 0 Å². The third kappa shape index (κ3) is 4.33. The fourth-order valence-corrected chi connectivity index (χ4v) is 3.40. The second-order valence-corrected chi connectivity index (χ2v) is 6.83. The van der Waals surface area contributed by atoms with Gasteiger partial charge >= 0.3 is 12.2 Å². The van der Waals surface area contributed by atoms with E-state index in [9.17, 15) is 23.1 Å². The number of halogens is 3. The van der Waals surface area contributed by atoms with Gasteiger partial charge in [0.25, 0.3) is 0 Å². The van der Waals surface area contributed by atoms with Crippen LogP contribution in [0.2, 0.25) is 0 Å². The number of nitrogens with zero attached hydrogens (tertiary/aromatic N) is 1. The molecule has 3 aliphatic rings. The van der Waals surface area contributed by atoms with Crippen LogP contribution in [0.3, 0.4) is 0 Å². The van der Waals surface area contributed by atoms with Crippen molar-refractivity contribution in [1.29, 1.82) is 0 Å². The number of amides is 2. The SMILES string of the molecule is O=C(NCc1ccnc(OCC(F)(F)F)c1)NCC(O)C12CC(C1)C2. The summed E-state index contributed by atoms with van der Waals surface area (Å²) in [6.07, 6.45) is -0.546. The summed E-state index contributed by atoms with van der Waals surface area (Å²) >= 11 is 0. The van der Waals surface area contributed by atoms with Crippen LogP contribution in [-0.4, -0.2) is 41.6 Å². The monoisotopic (exact) mass is 359 g/mol. The van der Waals surface area contributed by atoms with Gasteiger partial charge in [0.1, 0.15) is 0 Å². The van der Waals surface area contributed by atoms with Crippen molar-refractivity contribution in [2.45, 2.75) is 38.1 Å². The van der Waals surface area contributed by atoms with E-state index >= 15 is 0 Å². The fraction of sp³-hybridized carbons (Fsp3) is 0.625. The number of aliphatic hydroxyl groups is 1. The Hall–Kier alpha value is -2.03. The zero-order valence-corrected chi connectivity index (χ0v) is 13.5. The number of nitrogens with one attached hydrogen (secondary N) is 2. The highest BCUT2D eigenvalue weighted by Crippen LogP contribution is 2.66. The minimum absolute atomic E-state index is 0.00771. The highest BCUT2D eigenvalue weighted by Gasteiger charge is 2.60. The molecular formula is C16H20F3N3O3. The van der Waals surface area contributed by atoms with Gasteiger partial charge in [-0.2, -0.15) is 13.2 Å². The summed E-state index contributed by atoms with van der Waals surface area (Å²) in [6, 6.07) is 2.46. The summed E-state index contributed by atoms with van der Waals surface area (Å²) < 4.78 is 40.9. The highest BCUT2D eigenvalue weighted by molar-refractivity contribution is 5.73. The first-order chi connectivity index (χ1) is 11.8. The van der Waals surface area contributed by atoms with Gasteiger partial charge in [-0.3, -0.25) is 0 Å². The summed E-state index contributed by atoms with van der Waals surface area (Å²) in [7, 11) is 0. The minimum atomic E-state index is -4.43. The molecule has 0 saturated heterocycles. The van der Waals surface area contributed by atoms with E-state index in [-0.39, 0.29) is 24.4 Å². The Morgan fingerprint density at radius 1 is 1.40 bits per heavy atom. The number of hydrogen-bond donors (Lipinski definition) is 3. The Labute approximate surface area is 142 Å². The van der Waals surface area contributed by atoms with Crippen molar-refractivity contribution in [1.82, 2.24) is 15.6 Å². The Kier molecular flexibility index (Phi) is 4.77. The van der Waals surface area contributed by atoms with E-state index in [1.54, 1.807) is 6.07 Å². The lowest BCUT2D eigenvalue weighted by atomic mass is 9.42.